The summed E-state index contributed by atoms with van der Waals surface area (Å²) < 4.78 is 5.00. The average molecular weight is 395 g/mol. The van der Waals surface area contributed by atoms with E-state index in [0.717, 1.165) is 38.5 Å². The molecular weight excluding hydrogens is 356 g/mol. The van der Waals surface area contributed by atoms with E-state index in [4.69, 9.17) is 4.74 Å². The molecule has 0 saturated heterocycles. The smallest absolute Gasteiger partial charge is 0.223 e. The number of carbonyl (C=O) groups is 2. The largest absolute Gasteiger partial charge is 0.392 e. The number of nitrogens with one attached hydrogen (secondary N) is 2. The second kappa shape index (κ2) is 8.70. The Bertz CT molecular complexity index is 579. The zero-order valence-corrected chi connectivity index (χ0v) is 17.9. The molecule has 0 bridgehead atoms. The molecule has 3 fully saturated rings. The van der Waals surface area contributed by atoms with Gasteiger partial charge in [0, 0.05) is 31.5 Å². The van der Waals surface area contributed by atoms with E-state index in [1.165, 1.54) is 0 Å². The van der Waals surface area contributed by atoms with Crippen LogP contribution < -0.4 is 10.6 Å². The highest BCUT2D eigenvalue weighted by Crippen LogP contribution is 2.55. The normalized spacial score (nSPS) is 39.0. The van der Waals surface area contributed by atoms with E-state index in [1.54, 1.807) is 7.11 Å². The van der Waals surface area contributed by atoms with Gasteiger partial charge in [-0.3, -0.25) is 9.59 Å². The highest BCUT2D eigenvalue weighted by Gasteiger charge is 2.54. The van der Waals surface area contributed by atoms with Crippen LogP contribution in [0.4, 0.5) is 0 Å². The summed E-state index contributed by atoms with van der Waals surface area (Å²) in [5, 5.41) is 17.5. The average Bonchev–Trinajstić information content (AvgIpc) is 3.49. The topological polar surface area (TPSA) is 87.7 Å². The Balaban J connectivity index is 1.67. The first-order valence-corrected chi connectivity index (χ1v) is 11.0. The number of hydrogen-bond donors (Lipinski definition) is 3. The highest BCUT2D eigenvalue weighted by molar-refractivity contribution is 5.81. The quantitative estimate of drug-likeness (QED) is 0.577. The fourth-order valence-corrected chi connectivity index (χ4v) is 5.78. The lowest BCUT2D eigenvalue weighted by atomic mass is 9.51. The van der Waals surface area contributed by atoms with Crippen LogP contribution in [0.5, 0.6) is 0 Å². The van der Waals surface area contributed by atoms with Crippen molar-refractivity contribution in [2.24, 2.45) is 35.0 Å². The lowest BCUT2D eigenvalue weighted by Gasteiger charge is -2.56. The summed E-state index contributed by atoms with van der Waals surface area (Å²) in [5.41, 5.74) is 0.0857. The van der Waals surface area contributed by atoms with Crippen molar-refractivity contribution in [3.8, 4) is 0 Å². The van der Waals surface area contributed by atoms with Gasteiger partial charge in [0.15, 0.2) is 0 Å². The van der Waals surface area contributed by atoms with Crippen LogP contribution in [0, 0.1) is 35.0 Å². The molecule has 2 amide bonds. The minimum absolute atomic E-state index is 0.00764. The van der Waals surface area contributed by atoms with Crippen LogP contribution in [0.15, 0.2) is 0 Å². The maximum Gasteiger partial charge on any atom is 0.223 e. The van der Waals surface area contributed by atoms with E-state index in [9.17, 15) is 14.7 Å². The number of hydrogen-bond acceptors (Lipinski definition) is 4. The molecule has 3 rings (SSSR count). The molecule has 0 heterocycles. The van der Waals surface area contributed by atoms with Gasteiger partial charge in [0.05, 0.1) is 12.7 Å². The predicted molar refractivity (Wildman–Crippen MR) is 107 cm³/mol. The third-order valence-electron chi connectivity index (χ3n) is 7.82. The van der Waals surface area contributed by atoms with Crippen molar-refractivity contribution in [3.63, 3.8) is 0 Å². The Morgan fingerprint density at radius 2 is 1.89 bits per heavy atom. The Labute approximate surface area is 169 Å². The lowest BCUT2D eigenvalue weighted by Crippen LogP contribution is -2.58. The SMILES string of the molecule is COCCNC(=O)[C@@H](C)C1CC[C@@]2(C)CC[C@H](NC(=O)C3CC3)[C@@H](C)[C@@H]2[C@H]1O. The molecule has 3 aliphatic carbocycles. The van der Waals surface area contributed by atoms with Crippen molar-refractivity contribution < 1.29 is 19.4 Å². The molecule has 0 spiro atoms. The third-order valence-corrected chi connectivity index (χ3v) is 7.82. The Morgan fingerprint density at radius 3 is 2.54 bits per heavy atom. The number of rotatable bonds is 7. The first-order chi connectivity index (χ1) is 13.3. The van der Waals surface area contributed by atoms with E-state index >= 15 is 0 Å². The molecule has 7 atom stereocenters. The van der Waals surface area contributed by atoms with Crippen LogP contribution in [0.25, 0.3) is 0 Å². The van der Waals surface area contributed by atoms with Gasteiger partial charge in [-0.25, -0.2) is 0 Å². The fourth-order valence-electron chi connectivity index (χ4n) is 5.78. The van der Waals surface area contributed by atoms with Crippen LogP contribution in [0.1, 0.15) is 59.3 Å². The van der Waals surface area contributed by atoms with E-state index in [-0.39, 0.29) is 52.9 Å². The minimum atomic E-state index is -0.516. The van der Waals surface area contributed by atoms with Gasteiger partial charge in [0.25, 0.3) is 0 Å². The number of aliphatic hydroxyl groups excluding tert-OH is 1. The molecule has 0 radical (unpaired) electrons. The van der Waals surface area contributed by atoms with E-state index in [2.05, 4.69) is 24.5 Å². The van der Waals surface area contributed by atoms with Gasteiger partial charge >= 0.3 is 0 Å². The van der Waals surface area contributed by atoms with Crippen LogP contribution in [0.2, 0.25) is 0 Å². The molecule has 6 nitrogen and oxygen atoms in total. The summed E-state index contributed by atoms with van der Waals surface area (Å²) >= 11 is 0. The van der Waals surface area contributed by atoms with Gasteiger partial charge < -0.3 is 20.5 Å². The molecule has 0 aromatic carbocycles. The molecule has 1 unspecified atom stereocenters. The summed E-state index contributed by atoms with van der Waals surface area (Å²) in [6.07, 6.45) is 5.41. The molecule has 6 heteroatoms. The summed E-state index contributed by atoms with van der Waals surface area (Å²) in [4.78, 5) is 24.8. The molecular formula is C22H38N2O4. The molecule has 3 N–H and O–H groups in total. The zero-order chi connectivity index (χ0) is 20.5. The maximum absolute atomic E-state index is 12.5. The maximum atomic E-state index is 12.5. The Kier molecular flexibility index (Phi) is 6.70. The molecule has 0 aromatic rings. The van der Waals surface area contributed by atoms with Crippen molar-refractivity contribution in [1.29, 1.82) is 0 Å². The second-order valence-electron chi connectivity index (χ2n) is 9.73. The van der Waals surface area contributed by atoms with E-state index < -0.39 is 6.10 Å². The van der Waals surface area contributed by atoms with Crippen LogP contribution in [-0.4, -0.2) is 49.3 Å². The molecule has 0 aliphatic heterocycles. The van der Waals surface area contributed by atoms with Gasteiger partial charge in [-0.15, -0.1) is 0 Å². The fraction of sp³-hybridized carbons (Fsp3) is 0.909. The second-order valence-corrected chi connectivity index (χ2v) is 9.73. The Morgan fingerprint density at radius 1 is 1.21 bits per heavy atom. The first kappa shape index (κ1) is 21.6. The van der Waals surface area contributed by atoms with Crippen molar-refractivity contribution in [2.75, 3.05) is 20.3 Å². The highest BCUT2D eigenvalue weighted by atomic mass is 16.5. The molecule has 3 aliphatic rings. The first-order valence-electron chi connectivity index (χ1n) is 11.0. The number of amides is 2. The van der Waals surface area contributed by atoms with Crippen LogP contribution in [-0.2, 0) is 14.3 Å². The van der Waals surface area contributed by atoms with Crippen molar-refractivity contribution in [3.05, 3.63) is 0 Å². The van der Waals surface area contributed by atoms with Gasteiger partial charge in [0.2, 0.25) is 11.8 Å². The summed E-state index contributed by atoms with van der Waals surface area (Å²) in [7, 11) is 1.62. The van der Waals surface area contributed by atoms with Gasteiger partial charge in [-0.05, 0) is 61.7 Å². The summed E-state index contributed by atoms with van der Waals surface area (Å²) in [5.74, 6) is 0.438. The monoisotopic (exact) mass is 394 g/mol. The van der Waals surface area contributed by atoms with Gasteiger partial charge in [-0.2, -0.15) is 0 Å². The number of fused-ring (bicyclic) bond motifs is 1. The third kappa shape index (κ3) is 4.38. The molecule has 28 heavy (non-hydrogen) atoms. The van der Waals surface area contributed by atoms with Crippen molar-refractivity contribution in [1.82, 2.24) is 10.6 Å². The minimum Gasteiger partial charge on any atom is -0.392 e. The van der Waals surface area contributed by atoms with Crippen molar-refractivity contribution >= 4 is 11.8 Å². The van der Waals surface area contributed by atoms with E-state index in [1.807, 2.05) is 6.92 Å². The molecule has 3 saturated carbocycles. The number of ether oxygens (including phenoxy) is 1. The van der Waals surface area contributed by atoms with Crippen molar-refractivity contribution in [2.45, 2.75) is 71.4 Å². The summed E-state index contributed by atoms with van der Waals surface area (Å²) in [6.45, 7) is 7.38. The molecule has 0 aromatic heterocycles. The number of aliphatic hydroxyl groups is 1. The van der Waals surface area contributed by atoms with Gasteiger partial charge in [-0.1, -0.05) is 20.8 Å². The standard InChI is InChI=1S/C22H38N2O4/c1-13(20(26)23-11-12-28-4)16-7-9-22(3)10-8-17(14(2)18(22)19(16)25)24-21(27)15-5-6-15/h13-19,25H,5-12H2,1-4H3,(H,23,26)(H,24,27)/t13-,14+,16?,17-,18+,19-,22-/m0/s1. The number of methoxy groups -OCH3 is 1. The van der Waals surface area contributed by atoms with Gasteiger partial charge in [0.1, 0.15) is 0 Å². The number of carbonyl (C=O) groups excluding carboxylic acids is 2. The molecule has 160 valence electrons. The van der Waals surface area contributed by atoms with Crippen LogP contribution in [0.3, 0.4) is 0 Å². The summed E-state index contributed by atoms with van der Waals surface area (Å²) in [6, 6.07) is 0.130. The lowest BCUT2D eigenvalue weighted by molar-refractivity contribution is -0.144. The van der Waals surface area contributed by atoms with Crippen LogP contribution >= 0.6 is 0 Å². The zero-order valence-electron chi connectivity index (χ0n) is 17.9. The predicted octanol–water partition coefficient (Wildman–Crippen LogP) is 2.10. The van der Waals surface area contributed by atoms with E-state index in [0.29, 0.717) is 13.2 Å². The Hall–Kier alpha value is -1.14.